The van der Waals surface area contributed by atoms with Crippen LogP contribution in [0.4, 0.5) is 0 Å². The molecule has 0 amide bonds. The molecule has 5 N–H and O–H groups in total. The molecule has 0 aromatic carbocycles. The van der Waals surface area contributed by atoms with Crippen molar-refractivity contribution in [1.29, 1.82) is 0 Å². The van der Waals surface area contributed by atoms with Gasteiger partial charge in [0.1, 0.15) is 6.04 Å². The number of hydrogen-bond donors (Lipinski definition) is 4. The van der Waals surface area contributed by atoms with Gasteiger partial charge in [0.25, 0.3) is 0 Å². The van der Waals surface area contributed by atoms with Crippen LogP contribution in [0.15, 0.2) is 0 Å². The molecule has 90 valence electrons. The average Bonchev–Trinajstić information content (AvgIpc) is 2.00. The van der Waals surface area contributed by atoms with Gasteiger partial charge in [-0.15, -0.1) is 0 Å². The number of likely N-dealkylation sites (N-methyl/N-ethyl adjacent to an activating group) is 1. The Morgan fingerprint density at radius 1 is 1.33 bits per heavy atom. The highest BCUT2D eigenvalue weighted by molar-refractivity contribution is 5.73. The van der Waals surface area contributed by atoms with Gasteiger partial charge in [-0.3, -0.25) is 14.5 Å². The third-order valence-corrected chi connectivity index (χ3v) is 1.26. The number of rotatable bonds is 4. The van der Waals surface area contributed by atoms with Crippen LogP contribution in [0.1, 0.15) is 6.92 Å². The Morgan fingerprint density at radius 3 is 1.73 bits per heavy atom. The third kappa shape index (κ3) is 12.8. The van der Waals surface area contributed by atoms with Crippen molar-refractivity contribution in [2.75, 3.05) is 20.6 Å². The number of aliphatic carboxylic acids is 2. The molecule has 0 heterocycles. The summed E-state index contributed by atoms with van der Waals surface area (Å²) in [5.74, 6) is -1.97. The predicted octanol–water partition coefficient (Wildman–Crippen LogP) is -1.59. The maximum absolute atomic E-state index is 9.86. The zero-order valence-electron chi connectivity index (χ0n) is 9.04. The van der Waals surface area contributed by atoms with Crippen molar-refractivity contribution >= 4 is 11.9 Å². The third-order valence-electron chi connectivity index (χ3n) is 1.26. The molecule has 0 aliphatic rings. The van der Waals surface area contributed by atoms with Gasteiger partial charge < -0.3 is 21.1 Å². The lowest BCUT2D eigenvalue weighted by atomic mass is 10.2. The summed E-state index contributed by atoms with van der Waals surface area (Å²) in [5, 5.41) is 24.6. The van der Waals surface area contributed by atoms with Gasteiger partial charge >= 0.3 is 11.9 Å². The number of carbonyl (C=O) groups is 2. The van der Waals surface area contributed by atoms with Crippen molar-refractivity contribution < 1.29 is 24.9 Å². The lowest BCUT2D eigenvalue weighted by Gasteiger charge is -2.06. The summed E-state index contributed by atoms with van der Waals surface area (Å²) in [6.45, 7) is 1.44. The van der Waals surface area contributed by atoms with Crippen molar-refractivity contribution in [3.05, 3.63) is 0 Å². The van der Waals surface area contributed by atoms with Gasteiger partial charge in [-0.1, -0.05) is 0 Å². The number of nitrogens with two attached hydrogens (primary N) is 1. The van der Waals surface area contributed by atoms with Crippen molar-refractivity contribution in [1.82, 2.24) is 4.90 Å². The minimum atomic E-state index is -1.18. The van der Waals surface area contributed by atoms with Gasteiger partial charge in [0.15, 0.2) is 0 Å². The smallest absolute Gasteiger partial charge is 0.323 e. The van der Waals surface area contributed by atoms with Crippen LogP contribution in [-0.4, -0.2) is 64.9 Å². The van der Waals surface area contributed by atoms with Crippen LogP contribution in [-0.2, 0) is 9.59 Å². The largest absolute Gasteiger partial charge is 0.480 e. The van der Waals surface area contributed by atoms with E-state index in [4.69, 9.17) is 21.1 Å². The summed E-state index contributed by atoms with van der Waals surface area (Å²) in [6, 6.07) is -1.16. The molecular formula is C8H18N2O5. The van der Waals surface area contributed by atoms with E-state index in [0.29, 0.717) is 0 Å². The highest BCUT2D eigenvalue weighted by Crippen LogP contribution is 1.85. The van der Waals surface area contributed by atoms with Crippen LogP contribution >= 0.6 is 0 Å². The second-order valence-corrected chi connectivity index (χ2v) is 3.24. The van der Waals surface area contributed by atoms with Gasteiger partial charge in [-0.2, -0.15) is 0 Å². The van der Waals surface area contributed by atoms with Crippen LogP contribution in [0, 0.1) is 0 Å². The number of hydrogen-bond acceptors (Lipinski definition) is 5. The lowest BCUT2D eigenvalue weighted by molar-refractivity contribution is -0.141. The Morgan fingerprint density at radius 2 is 1.73 bits per heavy atom. The standard InChI is InChI=1S/C4H9NO3.C4H9NO2/c1-2(6)3(5)4(7)8;1-5(2)3-4(6)7/h2-3,6H,5H2,1H3,(H,7,8);3H2,1-2H3,(H,6,7)/t2-,3+;/m1./s1. The van der Waals surface area contributed by atoms with Crippen molar-refractivity contribution in [2.24, 2.45) is 5.73 Å². The lowest BCUT2D eigenvalue weighted by Crippen LogP contribution is -2.39. The van der Waals surface area contributed by atoms with Crippen LogP contribution in [0.5, 0.6) is 0 Å². The van der Waals surface area contributed by atoms with Crippen molar-refractivity contribution in [3.63, 3.8) is 0 Å². The van der Waals surface area contributed by atoms with E-state index in [1.165, 1.54) is 6.92 Å². The van der Waals surface area contributed by atoms with Gasteiger partial charge in [0.05, 0.1) is 12.6 Å². The van der Waals surface area contributed by atoms with Gasteiger partial charge in [0.2, 0.25) is 0 Å². The summed E-state index contributed by atoms with van der Waals surface area (Å²) < 4.78 is 0. The summed E-state index contributed by atoms with van der Waals surface area (Å²) in [5.41, 5.74) is 4.91. The normalized spacial score (nSPS) is 13.7. The van der Waals surface area contributed by atoms with Crippen LogP contribution < -0.4 is 5.73 Å². The highest BCUT2D eigenvalue weighted by atomic mass is 16.4. The van der Waals surface area contributed by atoms with Crippen molar-refractivity contribution in [3.8, 4) is 0 Å². The molecule has 2 atom stereocenters. The Kier molecular flexibility index (Phi) is 8.84. The molecule has 7 heteroatoms. The molecule has 0 saturated carbocycles. The first-order valence-electron chi connectivity index (χ1n) is 4.21. The minimum Gasteiger partial charge on any atom is -0.480 e. The fourth-order valence-corrected chi connectivity index (χ4v) is 0.477. The van der Waals surface area contributed by atoms with E-state index in [9.17, 15) is 9.59 Å². The van der Waals surface area contributed by atoms with Gasteiger partial charge in [-0.25, -0.2) is 0 Å². The molecule has 0 aliphatic heterocycles. The molecule has 0 fully saturated rings. The Hall–Kier alpha value is -1.18. The summed E-state index contributed by atoms with van der Waals surface area (Å²) in [6.07, 6.45) is -0.979. The predicted molar refractivity (Wildman–Crippen MR) is 53.5 cm³/mol. The molecule has 0 rings (SSSR count). The quantitative estimate of drug-likeness (QED) is 0.452. The SMILES string of the molecule is CN(C)CC(=O)O.C[C@@H](O)[C@H](N)C(=O)O. The van der Waals surface area contributed by atoms with E-state index in [0.717, 1.165) is 0 Å². The van der Waals surface area contributed by atoms with E-state index in [-0.39, 0.29) is 6.54 Å². The molecule has 0 aromatic heterocycles. The monoisotopic (exact) mass is 222 g/mol. The molecule has 0 spiro atoms. The summed E-state index contributed by atoms with van der Waals surface area (Å²) >= 11 is 0. The molecule has 0 radical (unpaired) electrons. The number of carboxylic acids is 2. The van der Waals surface area contributed by atoms with E-state index in [2.05, 4.69) is 0 Å². The molecule has 0 aromatic rings. The average molecular weight is 222 g/mol. The fraction of sp³-hybridized carbons (Fsp3) is 0.750. The molecular weight excluding hydrogens is 204 g/mol. The van der Waals surface area contributed by atoms with E-state index in [1.807, 2.05) is 0 Å². The maximum Gasteiger partial charge on any atom is 0.323 e. The molecule has 7 nitrogen and oxygen atoms in total. The number of aliphatic hydroxyl groups excluding tert-OH is 1. The zero-order chi connectivity index (χ0) is 12.6. The fourth-order valence-electron chi connectivity index (χ4n) is 0.477. The van der Waals surface area contributed by atoms with Crippen LogP contribution in [0.25, 0.3) is 0 Å². The Bertz CT molecular complexity index is 205. The second kappa shape index (κ2) is 8.16. The number of nitrogens with zero attached hydrogens (tertiary/aromatic N) is 1. The van der Waals surface area contributed by atoms with Gasteiger partial charge in [-0.05, 0) is 21.0 Å². The molecule has 15 heavy (non-hydrogen) atoms. The van der Waals surface area contributed by atoms with Crippen LogP contribution in [0.3, 0.4) is 0 Å². The minimum absolute atomic E-state index is 0.111. The van der Waals surface area contributed by atoms with Crippen LogP contribution in [0.2, 0.25) is 0 Å². The van der Waals surface area contributed by atoms with E-state index < -0.39 is 24.1 Å². The number of carboxylic acid groups (broad SMARTS) is 2. The second-order valence-electron chi connectivity index (χ2n) is 3.24. The first kappa shape index (κ1) is 16.3. The summed E-state index contributed by atoms with van der Waals surface area (Å²) in [4.78, 5) is 21.2. The molecule has 0 unspecified atom stereocenters. The Labute approximate surface area is 88.1 Å². The zero-order valence-corrected chi connectivity index (χ0v) is 9.04. The first-order chi connectivity index (χ1) is 6.68. The maximum atomic E-state index is 9.86. The number of aliphatic hydroxyl groups is 1. The molecule has 0 aliphatic carbocycles. The highest BCUT2D eigenvalue weighted by Gasteiger charge is 2.16. The van der Waals surface area contributed by atoms with E-state index >= 15 is 0 Å². The summed E-state index contributed by atoms with van der Waals surface area (Å²) in [7, 11) is 3.43. The molecule has 0 bridgehead atoms. The van der Waals surface area contributed by atoms with Gasteiger partial charge in [0, 0.05) is 0 Å². The Balaban J connectivity index is 0. The topological polar surface area (TPSA) is 124 Å². The van der Waals surface area contributed by atoms with Crippen molar-refractivity contribution in [2.45, 2.75) is 19.1 Å². The first-order valence-corrected chi connectivity index (χ1v) is 4.21. The van der Waals surface area contributed by atoms with E-state index in [1.54, 1.807) is 19.0 Å². The molecule has 0 saturated heterocycles.